The van der Waals surface area contributed by atoms with E-state index >= 15 is 0 Å². The predicted octanol–water partition coefficient (Wildman–Crippen LogP) is 2.39. The fourth-order valence-corrected chi connectivity index (χ4v) is 3.02. The third-order valence-electron chi connectivity index (χ3n) is 4.23. The Labute approximate surface area is 137 Å². The summed E-state index contributed by atoms with van der Waals surface area (Å²) in [6, 6.07) is 5.24. The molecule has 0 bridgehead atoms. The van der Waals surface area contributed by atoms with Crippen molar-refractivity contribution in [3.8, 4) is 0 Å². The first kappa shape index (κ1) is 16.8. The van der Waals surface area contributed by atoms with Crippen molar-refractivity contribution < 1.29 is 22.8 Å². The van der Waals surface area contributed by atoms with Crippen LogP contribution in [0.2, 0.25) is 0 Å². The maximum Gasteiger partial charge on any atom is 0.401 e. The van der Waals surface area contributed by atoms with E-state index < -0.39 is 18.6 Å². The number of anilines is 2. The van der Waals surface area contributed by atoms with Crippen LogP contribution in [-0.2, 0) is 16.0 Å². The SMILES string of the molecule is O=C1CCCc2cc(NC(=O)C3CN(CC(F)(F)F)C3)ccc2N1. The van der Waals surface area contributed by atoms with Crippen molar-refractivity contribution in [2.45, 2.75) is 25.4 Å². The first-order chi connectivity index (χ1) is 11.3. The molecule has 1 aromatic rings. The molecule has 0 radical (unpaired) electrons. The Bertz CT molecular complexity index is 654. The topological polar surface area (TPSA) is 61.4 Å². The van der Waals surface area contributed by atoms with Crippen molar-refractivity contribution >= 4 is 23.2 Å². The molecule has 1 fully saturated rings. The van der Waals surface area contributed by atoms with Gasteiger partial charge in [-0.05, 0) is 36.6 Å². The van der Waals surface area contributed by atoms with Crippen LogP contribution in [0.4, 0.5) is 24.5 Å². The minimum Gasteiger partial charge on any atom is -0.326 e. The number of hydrogen-bond donors (Lipinski definition) is 2. The van der Waals surface area contributed by atoms with E-state index in [1.807, 2.05) is 6.07 Å². The molecule has 5 nitrogen and oxygen atoms in total. The van der Waals surface area contributed by atoms with Gasteiger partial charge in [0, 0.05) is 30.9 Å². The number of halogens is 3. The number of amides is 2. The second-order valence-corrected chi connectivity index (χ2v) is 6.27. The van der Waals surface area contributed by atoms with E-state index in [9.17, 15) is 22.8 Å². The Morgan fingerprint density at radius 3 is 2.75 bits per heavy atom. The Morgan fingerprint density at radius 1 is 1.29 bits per heavy atom. The van der Waals surface area contributed by atoms with Crippen LogP contribution in [0.1, 0.15) is 18.4 Å². The number of rotatable bonds is 3. The standard InChI is InChI=1S/C16H18F3N3O2/c17-16(18,19)9-22-7-11(8-22)15(24)20-12-4-5-13-10(6-12)2-1-3-14(23)21-13/h4-6,11H,1-3,7-9H2,(H,20,24)(H,21,23). The van der Waals surface area contributed by atoms with Crippen molar-refractivity contribution in [1.29, 1.82) is 0 Å². The number of alkyl halides is 3. The maximum absolute atomic E-state index is 12.3. The number of likely N-dealkylation sites (tertiary alicyclic amines) is 1. The van der Waals surface area contributed by atoms with Crippen LogP contribution in [0.3, 0.4) is 0 Å². The predicted molar refractivity (Wildman–Crippen MR) is 82.6 cm³/mol. The van der Waals surface area contributed by atoms with Gasteiger partial charge in [-0.2, -0.15) is 13.2 Å². The lowest BCUT2D eigenvalue weighted by atomic mass is 9.99. The van der Waals surface area contributed by atoms with E-state index in [-0.39, 0.29) is 24.9 Å². The Morgan fingerprint density at radius 2 is 2.04 bits per heavy atom. The molecule has 2 N–H and O–H groups in total. The van der Waals surface area contributed by atoms with E-state index in [1.165, 1.54) is 4.90 Å². The van der Waals surface area contributed by atoms with Gasteiger partial charge in [0.05, 0.1) is 12.5 Å². The smallest absolute Gasteiger partial charge is 0.326 e. The monoisotopic (exact) mass is 341 g/mol. The minimum atomic E-state index is -4.23. The Hall–Kier alpha value is -2.09. The molecular formula is C16H18F3N3O2. The summed E-state index contributed by atoms with van der Waals surface area (Å²) < 4.78 is 36.8. The van der Waals surface area contributed by atoms with Gasteiger partial charge in [-0.25, -0.2) is 0 Å². The van der Waals surface area contributed by atoms with Gasteiger partial charge < -0.3 is 10.6 Å². The molecule has 2 aliphatic rings. The molecule has 0 spiro atoms. The zero-order valence-electron chi connectivity index (χ0n) is 12.9. The average Bonchev–Trinajstić information content (AvgIpc) is 2.61. The van der Waals surface area contributed by atoms with Crippen molar-refractivity contribution in [1.82, 2.24) is 4.90 Å². The molecule has 0 atom stereocenters. The van der Waals surface area contributed by atoms with Crippen molar-refractivity contribution in [3.63, 3.8) is 0 Å². The molecule has 0 aromatic heterocycles. The molecule has 0 saturated carbocycles. The van der Waals surface area contributed by atoms with Crippen molar-refractivity contribution in [2.75, 3.05) is 30.3 Å². The van der Waals surface area contributed by atoms with E-state index in [4.69, 9.17) is 0 Å². The van der Waals surface area contributed by atoms with Crippen LogP contribution in [-0.4, -0.2) is 42.5 Å². The second kappa shape index (κ2) is 6.43. The number of fused-ring (bicyclic) bond motifs is 1. The molecule has 3 rings (SSSR count). The summed E-state index contributed by atoms with van der Waals surface area (Å²) in [5.74, 6) is -0.721. The highest BCUT2D eigenvalue weighted by atomic mass is 19.4. The number of nitrogens with one attached hydrogen (secondary N) is 2. The molecule has 1 saturated heterocycles. The first-order valence-corrected chi connectivity index (χ1v) is 7.83. The van der Waals surface area contributed by atoms with Crippen molar-refractivity contribution in [3.05, 3.63) is 23.8 Å². The summed E-state index contributed by atoms with van der Waals surface area (Å²) in [7, 11) is 0. The summed E-state index contributed by atoms with van der Waals surface area (Å²) in [5, 5.41) is 5.56. The van der Waals surface area contributed by atoms with Gasteiger partial charge in [0.1, 0.15) is 0 Å². The van der Waals surface area contributed by atoms with Crippen LogP contribution >= 0.6 is 0 Å². The number of aryl methyl sites for hydroxylation is 1. The van der Waals surface area contributed by atoms with E-state index in [0.717, 1.165) is 24.1 Å². The molecule has 0 unspecified atom stereocenters. The quantitative estimate of drug-likeness (QED) is 0.887. The third-order valence-corrected chi connectivity index (χ3v) is 4.23. The molecule has 1 aromatic carbocycles. The van der Waals surface area contributed by atoms with Crippen LogP contribution in [0.25, 0.3) is 0 Å². The minimum absolute atomic E-state index is 0.0234. The summed E-state index contributed by atoms with van der Waals surface area (Å²) in [6.07, 6.45) is -2.29. The van der Waals surface area contributed by atoms with Gasteiger partial charge in [0.15, 0.2) is 0 Å². The first-order valence-electron chi connectivity index (χ1n) is 7.83. The molecule has 2 heterocycles. The molecule has 8 heteroatoms. The zero-order chi connectivity index (χ0) is 17.3. The van der Waals surface area contributed by atoms with Gasteiger partial charge in [0.25, 0.3) is 0 Å². The van der Waals surface area contributed by atoms with Gasteiger partial charge >= 0.3 is 6.18 Å². The van der Waals surface area contributed by atoms with Crippen molar-refractivity contribution in [2.24, 2.45) is 5.92 Å². The third kappa shape index (κ3) is 4.05. The molecule has 24 heavy (non-hydrogen) atoms. The average molecular weight is 341 g/mol. The van der Waals surface area contributed by atoms with Crippen LogP contribution in [0, 0.1) is 5.92 Å². The summed E-state index contributed by atoms with van der Waals surface area (Å²) in [6.45, 7) is -0.742. The lowest BCUT2D eigenvalue weighted by Crippen LogP contribution is -2.54. The number of carbonyl (C=O) groups is 2. The molecule has 0 aliphatic carbocycles. The fraction of sp³-hybridized carbons (Fsp3) is 0.500. The largest absolute Gasteiger partial charge is 0.401 e. The van der Waals surface area contributed by atoms with E-state index in [2.05, 4.69) is 10.6 Å². The van der Waals surface area contributed by atoms with Crippen LogP contribution < -0.4 is 10.6 Å². The number of nitrogens with zero attached hydrogens (tertiary/aromatic N) is 1. The highest BCUT2D eigenvalue weighted by molar-refractivity contribution is 5.95. The lowest BCUT2D eigenvalue weighted by Gasteiger charge is -2.38. The summed E-state index contributed by atoms with van der Waals surface area (Å²) >= 11 is 0. The second-order valence-electron chi connectivity index (χ2n) is 6.27. The van der Waals surface area contributed by atoms with Gasteiger partial charge in [-0.3, -0.25) is 14.5 Å². The zero-order valence-corrected chi connectivity index (χ0v) is 12.9. The molecule has 130 valence electrons. The fourth-order valence-electron chi connectivity index (χ4n) is 3.02. The molecule has 2 aliphatic heterocycles. The highest BCUT2D eigenvalue weighted by Gasteiger charge is 2.39. The molecule has 2 amide bonds. The Balaban J connectivity index is 1.56. The molecular weight excluding hydrogens is 323 g/mol. The highest BCUT2D eigenvalue weighted by Crippen LogP contribution is 2.27. The van der Waals surface area contributed by atoms with Gasteiger partial charge in [-0.15, -0.1) is 0 Å². The Kier molecular flexibility index (Phi) is 4.49. The van der Waals surface area contributed by atoms with Gasteiger partial charge in [-0.1, -0.05) is 0 Å². The summed E-state index contributed by atoms with van der Waals surface area (Å²) in [5.41, 5.74) is 2.30. The van der Waals surface area contributed by atoms with E-state index in [0.29, 0.717) is 12.1 Å². The van der Waals surface area contributed by atoms with Crippen LogP contribution in [0.5, 0.6) is 0 Å². The van der Waals surface area contributed by atoms with E-state index in [1.54, 1.807) is 12.1 Å². The summed E-state index contributed by atoms with van der Waals surface area (Å²) in [4.78, 5) is 24.8. The maximum atomic E-state index is 12.3. The van der Waals surface area contributed by atoms with Gasteiger partial charge in [0.2, 0.25) is 11.8 Å². The normalized spacial score (nSPS) is 19.0. The van der Waals surface area contributed by atoms with Crippen LogP contribution in [0.15, 0.2) is 18.2 Å². The number of carbonyl (C=O) groups excluding carboxylic acids is 2. The number of benzene rings is 1. The lowest BCUT2D eigenvalue weighted by molar-refractivity contribution is -0.162. The number of hydrogen-bond acceptors (Lipinski definition) is 3.